The average molecular weight is 416 g/mol. The lowest BCUT2D eigenvalue weighted by Gasteiger charge is -2.19. The fourth-order valence-electron chi connectivity index (χ4n) is 3.01. The van der Waals surface area contributed by atoms with Crippen LogP contribution in [0, 0.1) is 16.7 Å². The molecule has 1 unspecified atom stereocenters. The first-order valence-corrected chi connectivity index (χ1v) is 9.72. The number of aromatic nitrogens is 4. The number of nitrogens with one attached hydrogen (secondary N) is 2. The van der Waals surface area contributed by atoms with Crippen molar-refractivity contribution < 1.29 is 4.74 Å². The molecule has 2 aromatic heterocycles. The maximum absolute atomic E-state index is 9.30. The first kappa shape index (κ1) is 21.6. The van der Waals surface area contributed by atoms with E-state index in [1.807, 2.05) is 26.8 Å². The van der Waals surface area contributed by atoms with E-state index in [1.165, 1.54) is 13.4 Å². The first-order chi connectivity index (χ1) is 14.8. The Morgan fingerprint density at radius 1 is 1.19 bits per heavy atom. The predicted octanol–water partition coefficient (Wildman–Crippen LogP) is 3.44. The number of nitrogen functional groups attached to an aromatic ring is 1. The van der Waals surface area contributed by atoms with Crippen LogP contribution >= 0.6 is 0 Å². The average Bonchev–Trinajstić information content (AvgIpc) is 2.78. The molecule has 0 aliphatic heterocycles. The number of nitrogens with zero attached hydrogens (tertiary/aromatic N) is 5. The van der Waals surface area contributed by atoms with E-state index >= 15 is 0 Å². The highest BCUT2D eigenvalue weighted by Gasteiger charge is 2.20. The molecule has 0 fully saturated rings. The number of hydrogen-bond acceptors (Lipinski definition) is 9. The summed E-state index contributed by atoms with van der Waals surface area (Å²) in [6.45, 7) is 6.01. The second-order valence-electron chi connectivity index (χ2n) is 7.28. The zero-order chi connectivity index (χ0) is 22.5. The van der Waals surface area contributed by atoms with E-state index in [9.17, 15) is 5.26 Å². The molecule has 4 N–H and O–H groups in total. The highest BCUT2D eigenvalue weighted by atomic mass is 16.5. The molecule has 0 bridgehead atoms. The van der Waals surface area contributed by atoms with Crippen molar-refractivity contribution in [2.45, 2.75) is 32.7 Å². The minimum absolute atomic E-state index is 0.0776. The van der Waals surface area contributed by atoms with E-state index in [0.29, 0.717) is 28.3 Å². The predicted molar refractivity (Wildman–Crippen MR) is 118 cm³/mol. The molecule has 0 aliphatic rings. The van der Waals surface area contributed by atoms with Gasteiger partial charge in [0, 0.05) is 17.7 Å². The van der Waals surface area contributed by atoms with Crippen LogP contribution in [0.2, 0.25) is 0 Å². The van der Waals surface area contributed by atoms with Crippen molar-refractivity contribution in [3.8, 4) is 11.8 Å². The fourth-order valence-corrected chi connectivity index (χ4v) is 3.01. The maximum Gasteiger partial charge on any atom is 0.141 e. The van der Waals surface area contributed by atoms with Crippen LogP contribution in [-0.2, 0) is 0 Å². The smallest absolute Gasteiger partial charge is 0.141 e. The molecule has 0 saturated carbocycles. The molecular formula is C22H24N8O. The van der Waals surface area contributed by atoms with E-state index < -0.39 is 0 Å². The van der Waals surface area contributed by atoms with Gasteiger partial charge in [0.1, 0.15) is 29.5 Å². The quantitative estimate of drug-likeness (QED) is 0.496. The number of methoxy groups -OCH3 is 1. The van der Waals surface area contributed by atoms with Gasteiger partial charge in [-0.2, -0.15) is 5.26 Å². The van der Waals surface area contributed by atoms with Crippen molar-refractivity contribution in [3.05, 3.63) is 65.0 Å². The zero-order valence-electron chi connectivity index (χ0n) is 17.8. The Hall–Kier alpha value is -4.06. The van der Waals surface area contributed by atoms with Crippen molar-refractivity contribution in [2.75, 3.05) is 18.2 Å². The van der Waals surface area contributed by atoms with Gasteiger partial charge in [0.15, 0.2) is 0 Å². The molecular weight excluding hydrogens is 392 g/mol. The Bertz CT molecular complexity index is 1150. The van der Waals surface area contributed by atoms with Gasteiger partial charge in [-0.3, -0.25) is 5.41 Å². The summed E-state index contributed by atoms with van der Waals surface area (Å²) in [5, 5.41) is 21.3. The molecule has 3 rings (SSSR count). The summed E-state index contributed by atoms with van der Waals surface area (Å²) in [7, 11) is 1.51. The van der Waals surface area contributed by atoms with Crippen molar-refractivity contribution >= 4 is 17.3 Å². The summed E-state index contributed by atoms with van der Waals surface area (Å²) in [5.74, 6) is 1.98. The molecule has 0 spiro atoms. The first-order valence-electron chi connectivity index (χ1n) is 9.72. The standard InChI is InChI=1S/C22H24N8O/c1-12(2)21-26-6-5-17(30-21)13(3)29-22-18(20(25)27-11-28-22)19(24)15-7-14(10-23)8-16(9-15)31-4/h5-9,11-13,24H,1-4H3,(H3,25,27,28,29). The maximum atomic E-state index is 9.30. The number of ether oxygens (including phenoxy) is 1. The number of nitrogens with two attached hydrogens (primary N) is 1. The summed E-state index contributed by atoms with van der Waals surface area (Å²) in [5.41, 5.74) is 8.18. The molecule has 31 heavy (non-hydrogen) atoms. The van der Waals surface area contributed by atoms with Crippen LogP contribution in [0.15, 0.2) is 36.8 Å². The molecule has 1 aromatic carbocycles. The van der Waals surface area contributed by atoms with Gasteiger partial charge < -0.3 is 15.8 Å². The number of rotatable bonds is 7. The van der Waals surface area contributed by atoms with Gasteiger partial charge in [0.05, 0.1) is 41.8 Å². The van der Waals surface area contributed by atoms with Crippen molar-refractivity contribution in [1.82, 2.24) is 19.9 Å². The molecule has 9 nitrogen and oxygen atoms in total. The van der Waals surface area contributed by atoms with E-state index in [4.69, 9.17) is 15.9 Å². The third-order valence-corrected chi connectivity index (χ3v) is 4.70. The highest BCUT2D eigenvalue weighted by molar-refractivity contribution is 6.16. The Kier molecular flexibility index (Phi) is 6.40. The van der Waals surface area contributed by atoms with Crippen LogP contribution in [0.3, 0.4) is 0 Å². The normalized spacial score (nSPS) is 11.6. The van der Waals surface area contributed by atoms with E-state index in [0.717, 1.165) is 11.5 Å². The number of nitriles is 1. The van der Waals surface area contributed by atoms with E-state index in [-0.39, 0.29) is 23.5 Å². The van der Waals surface area contributed by atoms with Crippen LogP contribution in [-0.4, -0.2) is 32.8 Å². The molecule has 0 amide bonds. The van der Waals surface area contributed by atoms with Crippen molar-refractivity contribution in [3.63, 3.8) is 0 Å². The Balaban J connectivity index is 1.98. The van der Waals surface area contributed by atoms with Crippen LogP contribution < -0.4 is 15.8 Å². The van der Waals surface area contributed by atoms with Crippen LogP contribution in [0.1, 0.15) is 60.9 Å². The topological polar surface area (TPSA) is 146 Å². The highest BCUT2D eigenvalue weighted by Crippen LogP contribution is 2.27. The molecule has 2 heterocycles. The third kappa shape index (κ3) is 4.75. The zero-order valence-corrected chi connectivity index (χ0v) is 17.8. The molecule has 158 valence electrons. The lowest BCUT2D eigenvalue weighted by molar-refractivity contribution is 0.414. The molecule has 0 saturated heterocycles. The molecule has 0 aliphatic carbocycles. The summed E-state index contributed by atoms with van der Waals surface area (Å²) in [6, 6.07) is 8.56. The lowest BCUT2D eigenvalue weighted by atomic mass is 10.0. The van der Waals surface area contributed by atoms with Crippen LogP contribution in [0.4, 0.5) is 11.6 Å². The lowest BCUT2D eigenvalue weighted by Crippen LogP contribution is -2.17. The second kappa shape index (κ2) is 9.17. The summed E-state index contributed by atoms with van der Waals surface area (Å²) in [4.78, 5) is 17.3. The Morgan fingerprint density at radius 3 is 2.65 bits per heavy atom. The number of benzene rings is 1. The van der Waals surface area contributed by atoms with Gasteiger partial charge >= 0.3 is 0 Å². The number of hydrogen-bond donors (Lipinski definition) is 3. The summed E-state index contributed by atoms with van der Waals surface area (Å²) < 4.78 is 5.26. The SMILES string of the molecule is COc1cc(C#N)cc(C(=N)c2c(N)ncnc2NC(C)c2ccnc(C(C)C)n2)c1. The third-order valence-electron chi connectivity index (χ3n) is 4.70. The van der Waals surface area contributed by atoms with E-state index in [2.05, 4.69) is 31.3 Å². The van der Waals surface area contributed by atoms with Gasteiger partial charge in [-0.05, 0) is 31.2 Å². The minimum atomic E-state index is -0.221. The van der Waals surface area contributed by atoms with Crippen LogP contribution in [0.5, 0.6) is 5.75 Å². The van der Waals surface area contributed by atoms with Gasteiger partial charge in [-0.1, -0.05) is 13.8 Å². The van der Waals surface area contributed by atoms with Crippen molar-refractivity contribution in [1.29, 1.82) is 10.7 Å². The molecule has 9 heteroatoms. The second-order valence-corrected chi connectivity index (χ2v) is 7.28. The number of anilines is 2. The fraction of sp³-hybridized carbons (Fsp3) is 0.273. The summed E-state index contributed by atoms with van der Waals surface area (Å²) >= 11 is 0. The molecule has 1 atom stereocenters. The summed E-state index contributed by atoms with van der Waals surface area (Å²) in [6.07, 6.45) is 3.07. The Morgan fingerprint density at radius 2 is 1.97 bits per heavy atom. The van der Waals surface area contributed by atoms with E-state index in [1.54, 1.807) is 24.4 Å². The Labute approximate surface area is 180 Å². The molecule has 3 aromatic rings. The van der Waals surface area contributed by atoms with Gasteiger partial charge in [0.25, 0.3) is 0 Å². The van der Waals surface area contributed by atoms with Gasteiger partial charge in [-0.25, -0.2) is 19.9 Å². The monoisotopic (exact) mass is 416 g/mol. The largest absolute Gasteiger partial charge is 0.497 e. The van der Waals surface area contributed by atoms with Gasteiger partial charge in [-0.15, -0.1) is 0 Å². The van der Waals surface area contributed by atoms with Crippen molar-refractivity contribution in [2.24, 2.45) is 0 Å². The van der Waals surface area contributed by atoms with Crippen LogP contribution in [0.25, 0.3) is 0 Å². The molecule has 0 radical (unpaired) electrons. The minimum Gasteiger partial charge on any atom is -0.497 e. The van der Waals surface area contributed by atoms with Gasteiger partial charge in [0.2, 0.25) is 0 Å².